The Bertz CT molecular complexity index is 534. The molecule has 0 aromatic heterocycles. The molecule has 1 saturated heterocycles. The molecule has 1 aliphatic rings. The summed E-state index contributed by atoms with van der Waals surface area (Å²) in [6.45, 7) is 5.27. The number of hydrogen-bond donors (Lipinski definition) is 1. The van der Waals surface area contributed by atoms with Crippen molar-refractivity contribution in [2.75, 3.05) is 20.2 Å². The van der Waals surface area contributed by atoms with Crippen molar-refractivity contribution in [3.05, 3.63) is 29.3 Å². The molecule has 0 radical (unpaired) electrons. The van der Waals surface area contributed by atoms with Crippen molar-refractivity contribution in [2.45, 2.75) is 31.9 Å². The van der Waals surface area contributed by atoms with Crippen molar-refractivity contribution in [3.63, 3.8) is 0 Å². The molecule has 1 N–H and O–H groups in total. The van der Waals surface area contributed by atoms with Crippen LogP contribution in [0, 0.1) is 17.8 Å². The molecule has 0 saturated carbocycles. The zero-order valence-corrected chi connectivity index (χ0v) is 13.5. The summed E-state index contributed by atoms with van der Waals surface area (Å²) in [5.41, 5.74) is -0.921. The predicted octanol–water partition coefficient (Wildman–Crippen LogP) is 2.81. The second-order valence-electron chi connectivity index (χ2n) is 5.86. The van der Waals surface area contributed by atoms with Crippen LogP contribution in [0.5, 0.6) is 5.75 Å². The summed E-state index contributed by atoms with van der Waals surface area (Å²) in [4.78, 5) is 2.25. The first-order valence-corrected chi connectivity index (χ1v) is 7.59. The lowest BCUT2D eigenvalue weighted by molar-refractivity contribution is -0.0347. The molecule has 1 heterocycles. The molecule has 21 heavy (non-hydrogen) atoms. The van der Waals surface area contributed by atoms with E-state index in [9.17, 15) is 5.11 Å². The maximum absolute atomic E-state index is 10.7. The highest BCUT2D eigenvalue weighted by atomic mass is 35.5. The van der Waals surface area contributed by atoms with Gasteiger partial charge in [-0.25, -0.2) is 0 Å². The molecule has 3 atom stereocenters. The Morgan fingerprint density at radius 3 is 2.71 bits per heavy atom. The van der Waals surface area contributed by atoms with E-state index >= 15 is 0 Å². The summed E-state index contributed by atoms with van der Waals surface area (Å²) < 4.78 is 5.53. The van der Waals surface area contributed by atoms with Gasteiger partial charge in [-0.05, 0) is 38.2 Å². The van der Waals surface area contributed by atoms with Crippen LogP contribution < -0.4 is 4.74 Å². The molecule has 1 aromatic carbocycles. The predicted molar refractivity (Wildman–Crippen MR) is 85.5 cm³/mol. The van der Waals surface area contributed by atoms with Gasteiger partial charge in [0.05, 0.1) is 0 Å². The highest BCUT2D eigenvalue weighted by molar-refractivity contribution is 6.30. The third-order valence-electron chi connectivity index (χ3n) is 4.17. The SMILES string of the molecule is CC1CC(O)(C#CCOc2ccc(Cl)cc2)C(C)CN1C. The summed E-state index contributed by atoms with van der Waals surface area (Å²) in [7, 11) is 2.08. The van der Waals surface area contributed by atoms with Gasteiger partial charge < -0.3 is 14.7 Å². The van der Waals surface area contributed by atoms with E-state index in [-0.39, 0.29) is 12.5 Å². The molecule has 1 fully saturated rings. The van der Waals surface area contributed by atoms with E-state index in [0.717, 1.165) is 12.3 Å². The van der Waals surface area contributed by atoms with Crippen molar-refractivity contribution in [1.82, 2.24) is 4.90 Å². The number of ether oxygens (including phenoxy) is 1. The summed E-state index contributed by atoms with van der Waals surface area (Å²) in [5.74, 6) is 6.81. The van der Waals surface area contributed by atoms with Crippen LogP contribution in [-0.4, -0.2) is 41.8 Å². The van der Waals surface area contributed by atoms with E-state index in [1.807, 2.05) is 6.92 Å². The Kier molecular flexibility index (Phi) is 5.16. The van der Waals surface area contributed by atoms with Crippen LogP contribution in [0.15, 0.2) is 24.3 Å². The normalized spacial score (nSPS) is 29.6. The standard InChI is InChI=1S/C17H22ClNO2/c1-13-12-19(3)14(2)11-17(13,20)9-4-10-21-16-7-5-15(18)6-8-16/h5-8,13-14,20H,10-12H2,1-3H3. The molecule has 2 rings (SSSR count). The summed E-state index contributed by atoms with van der Waals surface area (Å²) in [6.07, 6.45) is 0.665. The van der Waals surface area contributed by atoms with Crippen LogP contribution >= 0.6 is 11.6 Å². The van der Waals surface area contributed by atoms with Crippen molar-refractivity contribution in [2.24, 2.45) is 5.92 Å². The van der Waals surface area contributed by atoms with Gasteiger partial charge in [-0.3, -0.25) is 0 Å². The molecule has 0 bridgehead atoms. The van der Waals surface area contributed by atoms with E-state index in [2.05, 4.69) is 30.7 Å². The fourth-order valence-electron chi connectivity index (χ4n) is 2.58. The lowest BCUT2D eigenvalue weighted by Crippen LogP contribution is -2.52. The Morgan fingerprint density at radius 1 is 1.38 bits per heavy atom. The number of hydrogen-bond acceptors (Lipinski definition) is 3. The number of rotatable bonds is 2. The highest BCUT2D eigenvalue weighted by Crippen LogP contribution is 2.30. The van der Waals surface area contributed by atoms with Crippen LogP contribution in [-0.2, 0) is 0 Å². The molecule has 1 aliphatic heterocycles. The second-order valence-corrected chi connectivity index (χ2v) is 6.30. The van der Waals surface area contributed by atoms with Gasteiger partial charge in [0.25, 0.3) is 0 Å². The Morgan fingerprint density at radius 2 is 2.05 bits per heavy atom. The van der Waals surface area contributed by atoms with Gasteiger partial charge in [-0.1, -0.05) is 30.4 Å². The quantitative estimate of drug-likeness (QED) is 0.853. The van der Waals surface area contributed by atoms with Crippen LogP contribution in [0.2, 0.25) is 5.02 Å². The fourth-order valence-corrected chi connectivity index (χ4v) is 2.71. The molecule has 0 aliphatic carbocycles. The molecule has 3 unspecified atom stereocenters. The summed E-state index contributed by atoms with van der Waals surface area (Å²) in [6, 6.07) is 7.49. The number of halogens is 1. The lowest BCUT2D eigenvalue weighted by atomic mass is 9.80. The number of nitrogens with zero attached hydrogens (tertiary/aromatic N) is 1. The maximum Gasteiger partial charge on any atom is 0.149 e. The zero-order chi connectivity index (χ0) is 15.5. The average molecular weight is 308 g/mol. The van der Waals surface area contributed by atoms with Gasteiger partial charge in [0, 0.05) is 29.9 Å². The van der Waals surface area contributed by atoms with E-state index in [4.69, 9.17) is 16.3 Å². The molecule has 0 spiro atoms. The van der Waals surface area contributed by atoms with E-state index in [1.54, 1.807) is 24.3 Å². The second kappa shape index (κ2) is 6.70. The number of piperidine rings is 1. The third-order valence-corrected chi connectivity index (χ3v) is 4.42. The molecule has 0 amide bonds. The van der Waals surface area contributed by atoms with Crippen molar-refractivity contribution >= 4 is 11.6 Å². The van der Waals surface area contributed by atoms with Crippen molar-refractivity contribution in [3.8, 4) is 17.6 Å². The van der Waals surface area contributed by atoms with Crippen molar-refractivity contribution < 1.29 is 9.84 Å². The largest absolute Gasteiger partial charge is 0.481 e. The van der Waals surface area contributed by atoms with Gasteiger partial charge in [-0.2, -0.15) is 0 Å². The maximum atomic E-state index is 10.7. The summed E-state index contributed by atoms with van der Waals surface area (Å²) in [5, 5.41) is 11.4. The van der Waals surface area contributed by atoms with E-state index < -0.39 is 5.60 Å². The van der Waals surface area contributed by atoms with E-state index in [0.29, 0.717) is 17.5 Å². The molecular weight excluding hydrogens is 286 g/mol. The molecule has 1 aromatic rings. The lowest BCUT2D eigenvalue weighted by Gasteiger charge is -2.42. The fraction of sp³-hybridized carbons (Fsp3) is 0.529. The van der Waals surface area contributed by atoms with Gasteiger partial charge in [0.2, 0.25) is 0 Å². The molecule has 3 nitrogen and oxygen atoms in total. The average Bonchev–Trinajstić information content (AvgIpc) is 2.44. The Hall–Kier alpha value is -1.21. The first kappa shape index (κ1) is 16.2. The molecular formula is C17H22ClNO2. The highest BCUT2D eigenvalue weighted by Gasteiger charge is 2.39. The molecule has 114 valence electrons. The Balaban J connectivity index is 1.93. The minimum Gasteiger partial charge on any atom is -0.481 e. The zero-order valence-electron chi connectivity index (χ0n) is 12.8. The van der Waals surface area contributed by atoms with Crippen LogP contribution in [0.25, 0.3) is 0 Å². The van der Waals surface area contributed by atoms with Gasteiger partial charge in [0.15, 0.2) is 0 Å². The Labute approximate surface area is 131 Å². The number of likely N-dealkylation sites (tertiary alicyclic amines) is 1. The monoisotopic (exact) mass is 307 g/mol. The number of benzene rings is 1. The van der Waals surface area contributed by atoms with Gasteiger partial charge in [-0.15, -0.1) is 0 Å². The van der Waals surface area contributed by atoms with E-state index in [1.165, 1.54) is 0 Å². The van der Waals surface area contributed by atoms with Crippen LogP contribution in [0.1, 0.15) is 20.3 Å². The third kappa shape index (κ3) is 4.14. The first-order valence-electron chi connectivity index (χ1n) is 7.22. The van der Waals surface area contributed by atoms with Gasteiger partial charge >= 0.3 is 0 Å². The van der Waals surface area contributed by atoms with Gasteiger partial charge in [0.1, 0.15) is 18.0 Å². The smallest absolute Gasteiger partial charge is 0.149 e. The van der Waals surface area contributed by atoms with Crippen molar-refractivity contribution in [1.29, 1.82) is 0 Å². The molecule has 4 heteroatoms. The van der Waals surface area contributed by atoms with Crippen LogP contribution in [0.4, 0.5) is 0 Å². The minimum absolute atomic E-state index is 0.127. The van der Waals surface area contributed by atoms with Crippen LogP contribution in [0.3, 0.4) is 0 Å². The minimum atomic E-state index is -0.921. The topological polar surface area (TPSA) is 32.7 Å². The first-order chi connectivity index (χ1) is 9.90. The number of aliphatic hydroxyl groups is 1. The summed E-state index contributed by atoms with van der Waals surface area (Å²) >= 11 is 5.81.